The summed E-state index contributed by atoms with van der Waals surface area (Å²) in [5, 5.41) is 18.5. The summed E-state index contributed by atoms with van der Waals surface area (Å²) in [6.07, 6.45) is 0.690. The lowest BCUT2D eigenvalue weighted by atomic mass is 9.90. The van der Waals surface area contributed by atoms with Gasteiger partial charge in [0.05, 0.1) is 21.1 Å². The second kappa shape index (κ2) is 8.75. The number of carboxylic acid groups (broad SMARTS) is 1. The van der Waals surface area contributed by atoms with E-state index in [2.05, 4.69) is 54.6 Å². The third-order valence-corrected chi connectivity index (χ3v) is 5.89. The SMILES string of the molecule is C[N+](C)(C)CC(CC(=O)[O-])OC(=O)CCCc1ccc2ccc3cccc4ccc1c2c34. The maximum atomic E-state index is 12.4. The van der Waals surface area contributed by atoms with E-state index < -0.39 is 12.1 Å². The smallest absolute Gasteiger partial charge is 0.306 e. The van der Waals surface area contributed by atoms with Crippen molar-refractivity contribution in [2.75, 3.05) is 27.7 Å². The summed E-state index contributed by atoms with van der Waals surface area (Å²) in [6.45, 7) is 0.425. The Hall–Kier alpha value is -3.18. The summed E-state index contributed by atoms with van der Waals surface area (Å²) in [4.78, 5) is 23.4. The van der Waals surface area contributed by atoms with Gasteiger partial charge in [-0.3, -0.25) is 4.79 Å². The number of benzene rings is 4. The lowest BCUT2D eigenvalue weighted by Gasteiger charge is -2.29. The van der Waals surface area contributed by atoms with Gasteiger partial charge in [-0.05, 0) is 50.7 Å². The zero-order chi connectivity index (χ0) is 22.9. The minimum Gasteiger partial charge on any atom is -0.550 e. The number of aliphatic carboxylic acids is 1. The van der Waals surface area contributed by atoms with Crippen LogP contribution in [-0.4, -0.2) is 50.2 Å². The average molecular weight is 432 g/mol. The zero-order valence-electron chi connectivity index (χ0n) is 18.9. The highest BCUT2D eigenvalue weighted by molar-refractivity contribution is 6.23. The Kier molecular flexibility index (Phi) is 6.02. The highest BCUT2D eigenvalue weighted by Gasteiger charge is 2.22. The lowest BCUT2D eigenvalue weighted by molar-refractivity contribution is -0.873. The van der Waals surface area contributed by atoms with E-state index >= 15 is 0 Å². The Bertz CT molecular complexity index is 1260. The van der Waals surface area contributed by atoms with Crippen LogP contribution >= 0.6 is 0 Å². The molecular weight excluding hydrogens is 402 g/mol. The molecule has 0 saturated heterocycles. The van der Waals surface area contributed by atoms with Gasteiger partial charge in [0.25, 0.3) is 0 Å². The first kappa shape index (κ1) is 22.0. The molecule has 0 fully saturated rings. The maximum absolute atomic E-state index is 12.4. The first-order valence-electron chi connectivity index (χ1n) is 11.1. The highest BCUT2D eigenvalue weighted by atomic mass is 16.5. The van der Waals surface area contributed by atoms with E-state index in [1.54, 1.807) is 0 Å². The Labute approximate surface area is 188 Å². The Morgan fingerprint density at radius 1 is 0.906 bits per heavy atom. The Morgan fingerprint density at radius 3 is 2.19 bits per heavy atom. The van der Waals surface area contributed by atoms with E-state index in [1.165, 1.54) is 37.9 Å². The number of carboxylic acids is 1. The number of ether oxygens (including phenoxy) is 1. The average Bonchev–Trinajstić information content (AvgIpc) is 2.71. The van der Waals surface area contributed by atoms with Gasteiger partial charge in [0.1, 0.15) is 6.54 Å². The number of hydrogen-bond acceptors (Lipinski definition) is 4. The van der Waals surface area contributed by atoms with Crippen molar-refractivity contribution < 1.29 is 23.9 Å². The molecule has 4 rings (SSSR count). The van der Waals surface area contributed by atoms with E-state index in [0.29, 0.717) is 17.4 Å². The molecule has 1 atom stereocenters. The van der Waals surface area contributed by atoms with Crippen LogP contribution < -0.4 is 5.11 Å². The highest BCUT2D eigenvalue weighted by Crippen LogP contribution is 2.36. The summed E-state index contributed by atoms with van der Waals surface area (Å²) < 4.78 is 5.99. The minimum atomic E-state index is -1.20. The van der Waals surface area contributed by atoms with Gasteiger partial charge in [0, 0.05) is 18.8 Å². The van der Waals surface area contributed by atoms with E-state index in [1.807, 2.05) is 21.1 Å². The summed E-state index contributed by atoms with van der Waals surface area (Å²) in [5.41, 5.74) is 1.21. The fraction of sp³-hybridized carbons (Fsp3) is 0.333. The monoisotopic (exact) mass is 431 g/mol. The topological polar surface area (TPSA) is 66.4 Å². The molecule has 0 spiro atoms. The van der Waals surface area contributed by atoms with Crippen LogP contribution in [0.15, 0.2) is 54.6 Å². The molecule has 5 nitrogen and oxygen atoms in total. The summed E-state index contributed by atoms with van der Waals surface area (Å²) >= 11 is 0. The van der Waals surface area contributed by atoms with E-state index in [9.17, 15) is 14.7 Å². The summed E-state index contributed by atoms with van der Waals surface area (Å²) in [7, 11) is 5.80. The first-order valence-corrected chi connectivity index (χ1v) is 11.1. The lowest BCUT2D eigenvalue weighted by Crippen LogP contribution is -2.45. The van der Waals surface area contributed by atoms with Crippen LogP contribution in [0.2, 0.25) is 0 Å². The van der Waals surface area contributed by atoms with Crippen molar-refractivity contribution in [3.8, 4) is 0 Å². The molecule has 0 bridgehead atoms. The van der Waals surface area contributed by atoms with Crippen molar-refractivity contribution in [3.05, 3.63) is 60.2 Å². The zero-order valence-corrected chi connectivity index (χ0v) is 18.9. The second-order valence-electron chi connectivity index (χ2n) is 9.60. The van der Waals surface area contributed by atoms with Gasteiger partial charge in [-0.15, -0.1) is 0 Å². The largest absolute Gasteiger partial charge is 0.550 e. The number of carbonyl (C=O) groups excluding carboxylic acids is 2. The van der Waals surface area contributed by atoms with Crippen molar-refractivity contribution in [3.63, 3.8) is 0 Å². The molecule has 0 aromatic heterocycles. The molecule has 166 valence electrons. The van der Waals surface area contributed by atoms with E-state index in [4.69, 9.17) is 4.74 Å². The molecule has 0 saturated carbocycles. The predicted octanol–water partition coefficient (Wildman–Crippen LogP) is 3.66. The molecule has 1 unspecified atom stereocenters. The number of aryl methyl sites for hydroxylation is 1. The summed E-state index contributed by atoms with van der Waals surface area (Å²) in [5.74, 6) is -1.56. The molecular formula is C27H29NO4. The van der Waals surface area contributed by atoms with Crippen LogP contribution in [0.1, 0.15) is 24.8 Å². The van der Waals surface area contributed by atoms with Crippen molar-refractivity contribution >= 4 is 44.3 Å². The Morgan fingerprint density at radius 2 is 1.53 bits per heavy atom. The van der Waals surface area contributed by atoms with Crippen molar-refractivity contribution in [2.45, 2.75) is 31.8 Å². The quantitative estimate of drug-likeness (QED) is 0.230. The van der Waals surface area contributed by atoms with Crippen LogP contribution in [0.25, 0.3) is 32.3 Å². The van der Waals surface area contributed by atoms with Gasteiger partial charge in [-0.2, -0.15) is 0 Å². The second-order valence-corrected chi connectivity index (χ2v) is 9.60. The van der Waals surface area contributed by atoms with E-state index in [-0.39, 0.29) is 18.8 Å². The molecule has 0 aliphatic heterocycles. The molecule has 0 heterocycles. The molecule has 4 aromatic carbocycles. The number of rotatable bonds is 9. The first-order chi connectivity index (χ1) is 15.2. The van der Waals surface area contributed by atoms with Crippen LogP contribution in [-0.2, 0) is 20.7 Å². The van der Waals surface area contributed by atoms with Crippen molar-refractivity contribution in [1.29, 1.82) is 0 Å². The summed E-state index contributed by atoms with van der Waals surface area (Å²) in [6, 6.07) is 19.3. The van der Waals surface area contributed by atoms with Gasteiger partial charge in [-0.1, -0.05) is 54.6 Å². The number of nitrogens with zero attached hydrogens (tertiary/aromatic N) is 1. The van der Waals surface area contributed by atoms with Gasteiger partial charge < -0.3 is 19.1 Å². The number of quaternary nitrogens is 1. The van der Waals surface area contributed by atoms with E-state index in [0.717, 1.165) is 6.42 Å². The number of hydrogen-bond donors (Lipinski definition) is 0. The fourth-order valence-electron chi connectivity index (χ4n) is 4.62. The third-order valence-electron chi connectivity index (χ3n) is 5.89. The van der Waals surface area contributed by atoms with Crippen molar-refractivity contribution in [1.82, 2.24) is 0 Å². The number of likely N-dealkylation sites (N-methyl/N-ethyl adjacent to an activating group) is 1. The normalized spacial score (nSPS) is 13.1. The predicted molar refractivity (Wildman–Crippen MR) is 125 cm³/mol. The van der Waals surface area contributed by atoms with Gasteiger partial charge >= 0.3 is 5.97 Å². The molecule has 0 aliphatic carbocycles. The molecule has 0 N–H and O–H groups in total. The van der Waals surface area contributed by atoms with Crippen LogP contribution in [0.3, 0.4) is 0 Å². The standard InChI is InChI=1S/C27H29NO4/c1-28(2,3)17-22(16-24(29)30)32-25(31)9-5-6-18-10-11-21-13-12-19-7-4-8-20-14-15-23(18)27(21)26(19)20/h4,7-8,10-15,22H,5-6,9,16-17H2,1-3H3. The number of esters is 1. The molecule has 4 aromatic rings. The third kappa shape index (κ3) is 4.83. The van der Waals surface area contributed by atoms with Crippen LogP contribution in [0, 0.1) is 0 Å². The Balaban J connectivity index is 1.47. The van der Waals surface area contributed by atoms with Gasteiger partial charge in [0.2, 0.25) is 0 Å². The molecule has 32 heavy (non-hydrogen) atoms. The number of carbonyl (C=O) groups is 2. The molecule has 0 amide bonds. The van der Waals surface area contributed by atoms with Gasteiger partial charge in [-0.25, -0.2) is 0 Å². The molecule has 5 heteroatoms. The molecule has 0 aliphatic rings. The fourth-order valence-corrected chi connectivity index (χ4v) is 4.62. The molecule has 0 radical (unpaired) electrons. The van der Waals surface area contributed by atoms with Crippen LogP contribution in [0.4, 0.5) is 0 Å². The minimum absolute atomic E-state index is 0.253. The van der Waals surface area contributed by atoms with Crippen molar-refractivity contribution in [2.24, 2.45) is 0 Å². The maximum Gasteiger partial charge on any atom is 0.306 e. The van der Waals surface area contributed by atoms with Gasteiger partial charge in [0.15, 0.2) is 6.10 Å². The van der Waals surface area contributed by atoms with Crippen LogP contribution in [0.5, 0.6) is 0 Å².